The van der Waals surface area contributed by atoms with Crippen molar-refractivity contribution in [2.45, 2.75) is 39.0 Å². The van der Waals surface area contributed by atoms with Crippen LogP contribution in [0, 0.1) is 0 Å². The fourth-order valence-corrected chi connectivity index (χ4v) is 2.21. The molecule has 0 spiro atoms. The molecule has 0 aromatic heterocycles. The van der Waals surface area contributed by atoms with Gasteiger partial charge in [0, 0.05) is 13.1 Å². The Balaban J connectivity index is 2.14. The van der Waals surface area contributed by atoms with Crippen LogP contribution >= 0.6 is 0 Å². The van der Waals surface area contributed by atoms with E-state index in [-0.39, 0.29) is 0 Å². The Hall–Kier alpha value is -0.860. The van der Waals surface area contributed by atoms with Crippen LogP contribution < -0.4 is 5.73 Å². The Labute approximate surface area is 112 Å². The van der Waals surface area contributed by atoms with Gasteiger partial charge in [-0.3, -0.25) is 0 Å². The molecule has 102 valence electrons. The second kappa shape index (κ2) is 10.1. The lowest BCUT2D eigenvalue weighted by Gasteiger charge is -2.21. The summed E-state index contributed by atoms with van der Waals surface area (Å²) in [5.41, 5.74) is 7.11. The topological polar surface area (TPSA) is 29.3 Å². The molecule has 0 saturated carbocycles. The van der Waals surface area contributed by atoms with Crippen molar-refractivity contribution < 1.29 is 0 Å². The largest absolute Gasteiger partial charge is 0.329 e. The Morgan fingerprint density at radius 2 is 1.67 bits per heavy atom. The number of nitrogens with two attached hydrogens (primary N) is 1. The first-order valence-electron chi connectivity index (χ1n) is 7.33. The maximum absolute atomic E-state index is 5.65. The first-order chi connectivity index (χ1) is 8.86. The van der Waals surface area contributed by atoms with Crippen LogP contribution in [0.1, 0.15) is 38.2 Å². The van der Waals surface area contributed by atoms with Crippen LogP contribution in [-0.4, -0.2) is 31.1 Å². The van der Waals surface area contributed by atoms with Gasteiger partial charge in [0.1, 0.15) is 0 Å². The maximum atomic E-state index is 5.65. The van der Waals surface area contributed by atoms with Gasteiger partial charge in [-0.2, -0.15) is 0 Å². The maximum Gasteiger partial charge on any atom is 0.0105 e. The van der Waals surface area contributed by atoms with Crippen molar-refractivity contribution in [2.75, 3.05) is 26.2 Å². The van der Waals surface area contributed by atoms with E-state index >= 15 is 0 Å². The van der Waals surface area contributed by atoms with Gasteiger partial charge in [-0.1, -0.05) is 43.7 Å². The van der Waals surface area contributed by atoms with Crippen molar-refractivity contribution >= 4 is 0 Å². The van der Waals surface area contributed by atoms with Crippen molar-refractivity contribution in [1.82, 2.24) is 4.90 Å². The minimum atomic E-state index is 0.780. The summed E-state index contributed by atoms with van der Waals surface area (Å²) in [6.07, 6.45) is 6.31. The molecule has 0 amide bonds. The van der Waals surface area contributed by atoms with Crippen molar-refractivity contribution in [3.63, 3.8) is 0 Å². The van der Waals surface area contributed by atoms with Crippen LogP contribution in [0.2, 0.25) is 0 Å². The van der Waals surface area contributed by atoms with Crippen LogP contribution in [0.3, 0.4) is 0 Å². The standard InChI is InChI=1S/C16H28N2/c1-2-3-13-18(15-12-17)14-8-7-11-16-9-5-4-6-10-16/h4-6,9-10H,2-3,7-8,11-15,17H2,1H3. The third-order valence-corrected chi connectivity index (χ3v) is 3.31. The third kappa shape index (κ3) is 6.77. The van der Waals surface area contributed by atoms with Gasteiger partial charge in [-0.15, -0.1) is 0 Å². The quantitative estimate of drug-likeness (QED) is 0.645. The molecule has 1 aromatic rings. The average molecular weight is 248 g/mol. The van der Waals surface area contributed by atoms with E-state index in [2.05, 4.69) is 42.2 Å². The lowest BCUT2D eigenvalue weighted by atomic mass is 10.1. The van der Waals surface area contributed by atoms with Gasteiger partial charge in [0.25, 0.3) is 0 Å². The lowest BCUT2D eigenvalue weighted by molar-refractivity contribution is 0.271. The van der Waals surface area contributed by atoms with Gasteiger partial charge in [-0.25, -0.2) is 0 Å². The Morgan fingerprint density at radius 1 is 0.944 bits per heavy atom. The summed E-state index contributed by atoms with van der Waals surface area (Å²) < 4.78 is 0. The van der Waals surface area contributed by atoms with E-state index in [0.717, 1.165) is 13.1 Å². The fraction of sp³-hybridized carbons (Fsp3) is 0.625. The highest BCUT2D eigenvalue weighted by atomic mass is 15.1. The fourth-order valence-electron chi connectivity index (χ4n) is 2.21. The number of nitrogens with zero attached hydrogens (tertiary/aromatic N) is 1. The number of unbranched alkanes of at least 4 members (excludes halogenated alkanes) is 2. The molecule has 1 aromatic carbocycles. The molecule has 18 heavy (non-hydrogen) atoms. The van der Waals surface area contributed by atoms with Crippen LogP contribution in [0.15, 0.2) is 30.3 Å². The zero-order valence-electron chi connectivity index (χ0n) is 11.8. The van der Waals surface area contributed by atoms with Gasteiger partial charge >= 0.3 is 0 Å². The molecular weight excluding hydrogens is 220 g/mol. The molecule has 2 heteroatoms. The molecule has 0 heterocycles. The molecule has 0 radical (unpaired) electrons. The summed E-state index contributed by atoms with van der Waals surface area (Å²) in [4.78, 5) is 2.51. The monoisotopic (exact) mass is 248 g/mol. The summed E-state index contributed by atoms with van der Waals surface area (Å²) in [6.45, 7) is 6.48. The van der Waals surface area contributed by atoms with Gasteiger partial charge in [0.15, 0.2) is 0 Å². The minimum Gasteiger partial charge on any atom is -0.329 e. The van der Waals surface area contributed by atoms with E-state index in [4.69, 9.17) is 5.73 Å². The van der Waals surface area contributed by atoms with Gasteiger partial charge in [0.05, 0.1) is 0 Å². The molecular formula is C16H28N2. The zero-order valence-corrected chi connectivity index (χ0v) is 11.8. The number of rotatable bonds is 10. The van der Waals surface area contributed by atoms with Crippen molar-refractivity contribution in [3.05, 3.63) is 35.9 Å². The number of benzene rings is 1. The van der Waals surface area contributed by atoms with Crippen LogP contribution in [0.5, 0.6) is 0 Å². The van der Waals surface area contributed by atoms with E-state index in [0.29, 0.717) is 0 Å². The Kier molecular flexibility index (Phi) is 8.53. The normalized spacial score (nSPS) is 11.1. The van der Waals surface area contributed by atoms with E-state index in [1.165, 1.54) is 50.8 Å². The molecule has 2 N–H and O–H groups in total. The van der Waals surface area contributed by atoms with E-state index in [1.54, 1.807) is 0 Å². The van der Waals surface area contributed by atoms with E-state index in [9.17, 15) is 0 Å². The highest BCUT2D eigenvalue weighted by Gasteiger charge is 2.02. The lowest BCUT2D eigenvalue weighted by Crippen LogP contribution is -2.31. The number of hydrogen-bond donors (Lipinski definition) is 1. The molecule has 0 saturated heterocycles. The molecule has 0 aliphatic rings. The summed E-state index contributed by atoms with van der Waals surface area (Å²) in [5.74, 6) is 0. The van der Waals surface area contributed by atoms with Crippen LogP contribution in [0.25, 0.3) is 0 Å². The van der Waals surface area contributed by atoms with Crippen LogP contribution in [0.4, 0.5) is 0 Å². The zero-order chi connectivity index (χ0) is 13.1. The van der Waals surface area contributed by atoms with Crippen molar-refractivity contribution in [1.29, 1.82) is 0 Å². The average Bonchev–Trinajstić information content (AvgIpc) is 2.42. The van der Waals surface area contributed by atoms with Gasteiger partial charge in [-0.05, 0) is 44.3 Å². The molecule has 0 aliphatic heterocycles. The molecule has 0 atom stereocenters. The predicted octanol–water partition coefficient (Wildman–Crippen LogP) is 3.07. The van der Waals surface area contributed by atoms with E-state index in [1.807, 2.05) is 0 Å². The minimum absolute atomic E-state index is 0.780. The SMILES string of the molecule is CCCCN(CCN)CCCCc1ccccc1. The smallest absolute Gasteiger partial charge is 0.0105 e. The van der Waals surface area contributed by atoms with Crippen LogP contribution in [-0.2, 0) is 6.42 Å². The third-order valence-electron chi connectivity index (χ3n) is 3.31. The van der Waals surface area contributed by atoms with Gasteiger partial charge < -0.3 is 10.6 Å². The Bertz CT molecular complexity index is 284. The molecule has 0 unspecified atom stereocenters. The van der Waals surface area contributed by atoms with Gasteiger partial charge in [0.2, 0.25) is 0 Å². The highest BCUT2D eigenvalue weighted by molar-refractivity contribution is 5.14. The molecule has 0 aliphatic carbocycles. The molecule has 1 rings (SSSR count). The highest BCUT2D eigenvalue weighted by Crippen LogP contribution is 2.05. The van der Waals surface area contributed by atoms with Crippen molar-refractivity contribution in [3.8, 4) is 0 Å². The number of aryl methyl sites for hydroxylation is 1. The second-order valence-electron chi connectivity index (χ2n) is 4.93. The number of hydrogen-bond acceptors (Lipinski definition) is 2. The molecule has 2 nitrogen and oxygen atoms in total. The second-order valence-corrected chi connectivity index (χ2v) is 4.93. The Morgan fingerprint density at radius 3 is 2.33 bits per heavy atom. The van der Waals surface area contributed by atoms with E-state index < -0.39 is 0 Å². The molecule has 0 fully saturated rings. The summed E-state index contributed by atoms with van der Waals surface area (Å²) in [5, 5.41) is 0. The van der Waals surface area contributed by atoms with Crippen molar-refractivity contribution in [2.24, 2.45) is 5.73 Å². The first kappa shape index (κ1) is 15.2. The summed E-state index contributed by atoms with van der Waals surface area (Å²) in [6, 6.07) is 10.8. The summed E-state index contributed by atoms with van der Waals surface area (Å²) >= 11 is 0. The first-order valence-corrected chi connectivity index (χ1v) is 7.33. The summed E-state index contributed by atoms with van der Waals surface area (Å²) in [7, 11) is 0. The predicted molar refractivity (Wildman–Crippen MR) is 79.8 cm³/mol. The molecule has 0 bridgehead atoms.